The predicted molar refractivity (Wildman–Crippen MR) is 90.9 cm³/mol. The Morgan fingerprint density at radius 3 is 2.12 bits per heavy atom. The Balaban J connectivity index is 2.05. The Bertz CT molecular complexity index is 821. The molecule has 124 valence electrons. The van der Waals surface area contributed by atoms with Crippen molar-refractivity contribution in [1.29, 1.82) is 0 Å². The van der Waals surface area contributed by atoms with Gasteiger partial charge in [-0.25, -0.2) is 0 Å². The molecule has 0 fully saturated rings. The van der Waals surface area contributed by atoms with Crippen LogP contribution in [0.1, 0.15) is 70.0 Å². The largest absolute Gasteiger partial charge is 0.507 e. The maximum Gasteiger partial charge on any atom is 0.198 e. The molecular formula is C20H20O4. The van der Waals surface area contributed by atoms with Crippen molar-refractivity contribution in [3.63, 3.8) is 0 Å². The van der Waals surface area contributed by atoms with Gasteiger partial charge in [0.2, 0.25) is 0 Å². The fourth-order valence-electron chi connectivity index (χ4n) is 3.24. The second kappa shape index (κ2) is 6.48. The molecule has 0 atom stereocenters. The number of fused-ring (bicyclic) bond motifs is 2. The smallest absolute Gasteiger partial charge is 0.198 e. The van der Waals surface area contributed by atoms with Gasteiger partial charge in [-0.2, -0.15) is 0 Å². The SMILES string of the molecule is CCCCCCc1cc(O)c2c(c1O)C(=O)c1ccccc1C2=O. The van der Waals surface area contributed by atoms with Crippen molar-refractivity contribution in [2.24, 2.45) is 0 Å². The summed E-state index contributed by atoms with van der Waals surface area (Å²) in [5.74, 6) is -1.25. The van der Waals surface area contributed by atoms with Crippen molar-refractivity contribution in [1.82, 2.24) is 0 Å². The number of hydrogen-bond donors (Lipinski definition) is 2. The average molecular weight is 324 g/mol. The van der Waals surface area contributed by atoms with Gasteiger partial charge in [0, 0.05) is 11.1 Å². The summed E-state index contributed by atoms with van der Waals surface area (Å²) in [7, 11) is 0. The first-order valence-electron chi connectivity index (χ1n) is 8.32. The van der Waals surface area contributed by atoms with Crippen LogP contribution >= 0.6 is 0 Å². The molecule has 2 aromatic rings. The van der Waals surface area contributed by atoms with E-state index in [1.807, 2.05) is 0 Å². The topological polar surface area (TPSA) is 74.6 Å². The van der Waals surface area contributed by atoms with E-state index in [1.54, 1.807) is 24.3 Å². The van der Waals surface area contributed by atoms with Gasteiger partial charge in [-0.1, -0.05) is 50.5 Å². The number of carbonyl (C=O) groups excluding carboxylic acids is 2. The van der Waals surface area contributed by atoms with Crippen molar-refractivity contribution < 1.29 is 19.8 Å². The number of carbonyl (C=O) groups is 2. The van der Waals surface area contributed by atoms with Crippen molar-refractivity contribution >= 4 is 11.6 Å². The van der Waals surface area contributed by atoms with Crippen LogP contribution in [0.4, 0.5) is 0 Å². The predicted octanol–water partition coefficient (Wildman–Crippen LogP) is 4.00. The molecule has 0 spiro atoms. The molecule has 24 heavy (non-hydrogen) atoms. The number of phenols is 2. The minimum Gasteiger partial charge on any atom is -0.507 e. The summed E-state index contributed by atoms with van der Waals surface area (Å²) >= 11 is 0. The molecule has 0 aliphatic heterocycles. The van der Waals surface area contributed by atoms with Crippen molar-refractivity contribution in [3.05, 3.63) is 58.1 Å². The first-order valence-corrected chi connectivity index (χ1v) is 8.32. The standard InChI is InChI=1S/C20H20O4/c1-2-3-4-5-8-12-11-15(21)16-17(18(12)22)20(24)14-10-7-6-9-13(14)19(16)23/h6-7,9-11,21-22H,2-5,8H2,1H3. The van der Waals surface area contributed by atoms with Crippen LogP contribution in [-0.4, -0.2) is 21.8 Å². The van der Waals surface area contributed by atoms with E-state index in [1.165, 1.54) is 6.07 Å². The van der Waals surface area contributed by atoms with E-state index in [2.05, 4.69) is 6.92 Å². The van der Waals surface area contributed by atoms with Crippen LogP contribution < -0.4 is 0 Å². The van der Waals surface area contributed by atoms with Crippen LogP contribution in [0.5, 0.6) is 11.5 Å². The molecule has 4 heteroatoms. The van der Waals surface area contributed by atoms with Crippen LogP contribution in [0.2, 0.25) is 0 Å². The summed E-state index contributed by atoms with van der Waals surface area (Å²) < 4.78 is 0. The Morgan fingerprint density at radius 2 is 1.50 bits per heavy atom. The van der Waals surface area contributed by atoms with Crippen LogP contribution in [-0.2, 0) is 6.42 Å². The number of aromatic hydroxyl groups is 2. The summed E-state index contributed by atoms with van der Waals surface area (Å²) in [6.07, 6.45) is 4.64. The van der Waals surface area contributed by atoms with Gasteiger partial charge in [0.15, 0.2) is 11.6 Å². The number of unbranched alkanes of at least 4 members (excludes halogenated alkanes) is 3. The van der Waals surface area contributed by atoms with E-state index in [9.17, 15) is 19.8 Å². The lowest BCUT2D eigenvalue weighted by molar-refractivity contribution is 0.0974. The van der Waals surface area contributed by atoms with Crippen molar-refractivity contribution in [2.75, 3.05) is 0 Å². The monoisotopic (exact) mass is 324 g/mol. The second-order valence-electron chi connectivity index (χ2n) is 6.17. The van der Waals surface area contributed by atoms with Crippen LogP contribution in [0.15, 0.2) is 30.3 Å². The first kappa shape index (κ1) is 16.2. The number of benzene rings is 2. The Morgan fingerprint density at radius 1 is 0.875 bits per heavy atom. The first-order chi connectivity index (χ1) is 11.6. The lowest BCUT2D eigenvalue weighted by Gasteiger charge is -2.21. The molecule has 3 rings (SSSR count). The fraction of sp³-hybridized carbons (Fsp3) is 0.300. The van der Waals surface area contributed by atoms with Gasteiger partial charge >= 0.3 is 0 Å². The molecule has 2 aromatic carbocycles. The zero-order chi connectivity index (χ0) is 17.3. The third-order valence-electron chi connectivity index (χ3n) is 4.53. The quantitative estimate of drug-likeness (QED) is 0.549. The Hall–Kier alpha value is -2.62. The maximum absolute atomic E-state index is 12.7. The molecule has 1 aliphatic rings. The zero-order valence-electron chi connectivity index (χ0n) is 13.6. The van der Waals surface area contributed by atoms with E-state index < -0.39 is 11.6 Å². The van der Waals surface area contributed by atoms with Gasteiger partial charge in [-0.05, 0) is 24.5 Å². The van der Waals surface area contributed by atoms with E-state index in [0.717, 1.165) is 25.7 Å². The van der Waals surface area contributed by atoms with Crippen molar-refractivity contribution in [2.45, 2.75) is 39.0 Å². The van der Waals surface area contributed by atoms with Gasteiger partial charge < -0.3 is 10.2 Å². The van der Waals surface area contributed by atoms with E-state index >= 15 is 0 Å². The normalized spacial score (nSPS) is 12.9. The van der Waals surface area contributed by atoms with Gasteiger partial charge in [0.1, 0.15) is 11.5 Å². The highest BCUT2D eigenvalue weighted by Gasteiger charge is 2.35. The number of hydrogen-bond acceptors (Lipinski definition) is 4. The van der Waals surface area contributed by atoms with E-state index in [0.29, 0.717) is 12.0 Å². The highest BCUT2D eigenvalue weighted by atomic mass is 16.3. The molecule has 0 amide bonds. The number of aryl methyl sites for hydroxylation is 1. The lowest BCUT2D eigenvalue weighted by Crippen LogP contribution is -2.21. The molecule has 4 nitrogen and oxygen atoms in total. The molecule has 2 N–H and O–H groups in total. The fourth-order valence-corrected chi connectivity index (χ4v) is 3.24. The van der Waals surface area contributed by atoms with Crippen molar-refractivity contribution in [3.8, 4) is 11.5 Å². The average Bonchev–Trinajstić information content (AvgIpc) is 2.59. The van der Waals surface area contributed by atoms with Gasteiger partial charge in [0.05, 0.1) is 11.1 Å². The van der Waals surface area contributed by atoms with Gasteiger partial charge in [-0.3, -0.25) is 9.59 Å². The summed E-state index contributed by atoms with van der Waals surface area (Å²) in [6, 6.07) is 7.91. The second-order valence-corrected chi connectivity index (χ2v) is 6.17. The van der Waals surface area contributed by atoms with E-state index in [4.69, 9.17) is 0 Å². The number of ketones is 2. The Labute approximate surface area is 140 Å². The number of phenolic OH excluding ortho intramolecular Hbond substituents is 2. The summed E-state index contributed by atoms with van der Waals surface area (Å²) in [5, 5.41) is 20.8. The van der Waals surface area contributed by atoms with Crippen LogP contribution in [0, 0.1) is 0 Å². The molecule has 0 radical (unpaired) electrons. The lowest BCUT2D eigenvalue weighted by atomic mass is 9.81. The molecular weight excluding hydrogens is 304 g/mol. The molecule has 1 aliphatic carbocycles. The van der Waals surface area contributed by atoms with Crippen LogP contribution in [0.3, 0.4) is 0 Å². The molecule has 0 aromatic heterocycles. The van der Waals surface area contributed by atoms with Gasteiger partial charge in [0.25, 0.3) is 0 Å². The number of rotatable bonds is 5. The third-order valence-corrected chi connectivity index (χ3v) is 4.53. The highest BCUT2D eigenvalue weighted by molar-refractivity contribution is 6.30. The maximum atomic E-state index is 12.7. The van der Waals surface area contributed by atoms with Gasteiger partial charge in [-0.15, -0.1) is 0 Å². The van der Waals surface area contributed by atoms with E-state index in [-0.39, 0.29) is 33.8 Å². The molecule has 0 bridgehead atoms. The summed E-state index contributed by atoms with van der Waals surface area (Å²) in [5.41, 5.74) is 0.897. The summed E-state index contributed by atoms with van der Waals surface area (Å²) in [4.78, 5) is 25.3. The highest BCUT2D eigenvalue weighted by Crippen LogP contribution is 2.40. The van der Waals surface area contributed by atoms with Crippen LogP contribution in [0.25, 0.3) is 0 Å². The molecule has 0 saturated heterocycles. The minimum absolute atomic E-state index is 0.0656. The third kappa shape index (κ3) is 2.58. The minimum atomic E-state index is -0.425. The molecule has 0 unspecified atom stereocenters. The Kier molecular flexibility index (Phi) is 4.38. The molecule has 0 heterocycles. The zero-order valence-corrected chi connectivity index (χ0v) is 13.6. The summed E-state index contributed by atoms with van der Waals surface area (Å²) in [6.45, 7) is 2.11. The molecule has 0 saturated carbocycles.